The Morgan fingerprint density at radius 3 is 2.59 bits per heavy atom. The van der Waals surface area contributed by atoms with Crippen LogP contribution in [0.2, 0.25) is 0 Å². The van der Waals surface area contributed by atoms with E-state index in [0.717, 1.165) is 22.8 Å². The van der Waals surface area contributed by atoms with Crippen molar-refractivity contribution in [3.05, 3.63) is 47.5 Å². The van der Waals surface area contributed by atoms with Crippen molar-refractivity contribution >= 4 is 18.1 Å². The van der Waals surface area contributed by atoms with Gasteiger partial charge in [0.1, 0.15) is 0 Å². The van der Waals surface area contributed by atoms with Gasteiger partial charge in [0.15, 0.2) is 0 Å². The van der Waals surface area contributed by atoms with Crippen molar-refractivity contribution in [2.75, 3.05) is 5.32 Å². The predicted octanol–water partition coefficient (Wildman–Crippen LogP) is 4.34. The normalized spacial score (nSPS) is 16.0. The van der Waals surface area contributed by atoms with Crippen LogP contribution < -0.4 is 5.32 Å². The maximum absolute atomic E-state index is 4.42. The predicted molar refractivity (Wildman–Crippen MR) is 92.5 cm³/mol. The minimum absolute atomic E-state index is 0. The van der Waals surface area contributed by atoms with E-state index >= 15 is 0 Å². The standard InChI is InChI=1S/C18H22N4.H2/c1-14-16(6-5-11-19-14)10-9-15-12-20-18(21-13-15)22-17-7-3-2-4-8-17;/h5-6,9-13,17H,2-4,7-8H2,1H3,(H,20,21,22);1H/b10-9+;. The summed E-state index contributed by atoms with van der Waals surface area (Å²) in [6, 6.07) is 4.53. The number of nitrogens with one attached hydrogen (secondary N) is 1. The highest BCUT2D eigenvalue weighted by Gasteiger charge is 2.13. The van der Waals surface area contributed by atoms with Crippen molar-refractivity contribution in [2.45, 2.75) is 45.1 Å². The molecule has 1 fully saturated rings. The zero-order chi connectivity index (χ0) is 15.2. The molecule has 0 saturated heterocycles. The van der Waals surface area contributed by atoms with Crippen LogP contribution in [-0.2, 0) is 0 Å². The molecule has 0 amide bonds. The first-order valence-electron chi connectivity index (χ1n) is 7.99. The lowest BCUT2D eigenvalue weighted by molar-refractivity contribution is 0.461. The van der Waals surface area contributed by atoms with Gasteiger partial charge in [0, 0.05) is 37.3 Å². The number of hydrogen-bond acceptors (Lipinski definition) is 4. The third-order valence-corrected chi connectivity index (χ3v) is 4.11. The quantitative estimate of drug-likeness (QED) is 0.911. The first-order valence-corrected chi connectivity index (χ1v) is 7.99. The summed E-state index contributed by atoms with van der Waals surface area (Å²) < 4.78 is 0. The minimum atomic E-state index is 0. The number of aryl methyl sites for hydroxylation is 1. The van der Waals surface area contributed by atoms with Crippen LogP contribution in [0.3, 0.4) is 0 Å². The molecule has 4 nitrogen and oxygen atoms in total. The Balaban J connectivity index is 0.00000192. The Morgan fingerprint density at radius 1 is 1.09 bits per heavy atom. The van der Waals surface area contributed by atoms with Gasteiger partial charge in [-0.2, -0.15) is 0 Å². The van der Waals surface area contributed by atoms with Gasteiger partial charge in [0.05, 0.1) is 0 Å². The SMILES string of the molecule is Cc1ncccc1/C=C/c1cnc(NC2CCCCC2)nc1.[HH]. The van der Waals surface area contributed by atoms with Crippen LogP contribution in [0.15, 0.2) is 30.7 Å². The van der Waals surface area contributed by atoms with Gasteiger partial charge in [-0.15, -0.1) is 0 Å². The van der Waals surface area contributed by atoms with E-state index in [1.807, 2.05) is 37.7 Å². The summed E-state index contributed by atoms with van der Waals surface area (Å²) >= 11 is 0. The van der Waals surface area contributed by atoms with Crippen LogP contribution in [0.4, 0.5) is 5.95 Å². The fraction of sp³-hybridized carbons (Fsp3) is 0.389. The van der Waals surface area contributed by atoms with E-state index in [1.165, 1.54) is 32.1 Å². The number of anilines is 1. The summed E-state index contributed by atoms with van der Waals surface area (Å²) in [6.45, 7) is 2.01. The monoisotopic (exact) mass is 296 g/mol. The topological polar surface area (TPSA) is 50.7 Å². The Morgan fingerprint density at radius 2 is 1.86 bits per heavy atom. The highest BCUT2D eigenvalue weighted by Crippen LogP contribution is 2.20. The molecule has 0 aromatic carbocycles. The van der Waals surface area contributed by atoms with Crippen LogP contribution in [0, 0.1) is 6.92 Å². The maximum atomic E-state index is 4.42. The largest absolute Gasteiger partial charge is 0.351 e. The van der Waals surface area contributed by atoms with Crippen molar-refractivity contribution in [1.29, 1.82) is 0 Å². The second kappa shape index (κ2) is 7.16. The number of pyridine rings is 1. The molecule has 0 bridgehead atoms. The van der Waals surface area contributed by atoms with E-state index < -0.39 is 0 Å². The van der Waals surface area contributed by atoms with Gasteiger partial charge in [-0.3, -0.25) is 4.98 Å². The molecule has 2 aromatic rings. The Labute approximate surface area is 133 Å². The van der Waals surface area contributed by atoms with Gasteiger partial charge in [-0.1, -0.05) is 37.5 Å². The van der Waals surface area contributed by atoms with Crippen molar-refractivity contribution in [1.82, 2.24) is 15.0 Å². The van der Waals surface area contributed by atoms with Crippen LogP contribution >= 0.6 is 0 Å². The highest BCUT2D eigenvalue weighted by atomic mass is 15.1. The first kappa shape index (κ1) is 14.7. The molecule has 4 heteroatoms. The van der Waals surface area contributed by atoms with E-state index in [9.17, 15) is 0 Å². The Kier molecular flexibility index (Phi) is 4.78. The number of rotatable bonds is 4. The molecule has 0 aliphatic heterocycles. The average molecular weight is 296 g/mol. The van der Waals surface area contributed by atoms with Crippen molar-refractivity contribution < 1.29 is 1.43 Å². The Bertz CT molecular complexity index is 634. The lowest BCUT2D eigenvalue weighted by Crippen LogP contribution is -2.23. The van der Waals surface area contributed by atoms with Crippen molar-refractivity contribution in [3.8, 4) is 0 Å². The second-order valence-electron chi connectivity index (χ2n) is 5.83. The number of nitrogens with zero attached hydrogens (tertiary/aromatic N) is 3. The highest BCUT2D eigenvalue weighted by molar-refractivity contribution is 5.69. The molecule has 0 radical (unpaired) electrons. The molecular weight excluding hydrogens is 272 g/mol. The van der Waals surface area contributed by atoms with Crippen LogP contribution in [0.1, 0.15) is 50.4 Å². The summed E-state index contributed by atoms with van der Waals surface area (Å²) in [6.07, 6.45) is 16.0. The third-order valence-electron chi connectivity index (χ3n) is 4.11. The van der Waals surface area contributed by atoms with Gasteiger partial charge in [0.2, 0.25) is 5.95 Å². The summed E-state index contributed by atoms with van der Waals surface area (Å²) in [7, 11) is 0. The molecule has 3 rings (SSSR count). The van der Waals surface area contributed by atoms with Gasteiger partial charge in [-0.05, 0) is 31.4 Å². The van der Waals surface area contributed by atoms with Crippen molar-refractivity contribution in [2.24, 2.45) is 0 Å². The molecule has 0 atom stereocenters. The molecule has 116 valence electrons. The summed E-state index contributed by atoms with van der Waals surface area (Å²) in [5.41, 5.74) is 3.14. The molecule has 1 N–H and O–H groups in total. The maximum Gasteiger partial charge on any atom is 0.222 e. The third kappa shape index (κ3) is 3.91. The summed E-state index contributed by atoms with van der Waals surface area (Å²) in [4.78, 5) is 13.1. The smallest absolute Gasteiger partial charge is 0.222 e. The lowest BCUT2D eigenvalue weighted by Gasteiger charge is -2.22. The summed E-state index contributed by atoms with van der Waals surface area (Å²) in [5, 5.41) is 3.43. The molecule has 2 heterocycles. The van der Waals surface area contributed by atoms with E-state index in [0.29, 0.717) is 6.04 Å². The molecule has 1 aliphatic carbocycles. The van der Waals surface area contributed by atoms with Gasteiger partial charge >= 0.3 is 0 Å². The molecular formula is C18H24N4. The fourth-order valence-corrected chi connectivity index (χ4v) is 2.79. The van der Waals surface area contributed by atoms with Gasteiger partial charge < -0.3 is 5.32 Å². The number of hydrogen-bond donors (Lipinski definition) is 1. The minimum Gasteiger partial charge on any atom is -0.351 e. The van der Waals surface area contributed by atoms with Gasteiger partial charge in [-0.25, -0.2) is 9.97 Å². The van der Waals surface area contributed by atoms with Crippen LogP contribution in [0.25, 0.3) is 12.2 Å². The fourth-order valence-electron chi connectivity index (χ4n) is 2.79. The summed E-state index contributed by atoms with van der Waals surface area (Å²) in [5.74, 6) is 0.738. The zero-order valence-corrected chi connectivity index (χ0v) is 13.0. The van der Waals surface area contributed by atoms with E-state index in [2.05, 4.69) is 32.4 Å². The lowest BCUT2D eigenvalue weighted by atomic mass is 9.96. The van der Waals surface area contributed by atoms with Crippen LogP contribution in [0.5, 0.6) is 0 Å². The van der Waals surface area contributed by atoms with Crippen molar-refractivity contribution in [3.63, 3.8) is 0 Å². The first-order chi connectivity index (χ1) is 10.8. The van der Waals surface area contributed by atoms with E-state index in [4.69, 9.17) is 0 Å². The van der Waals surface area contributed by atoms with E-state index in [-0.39, 0.29) is 1.43 Å². The van der Waals surface area contributed by atoms with Crippen LogP contribution in [-0.4, -0.2) is 21.0 Å². The Hall–Kier alpha value is -2.23. The molecule has 1 aliphatic rings. The molecule has 2 aromatic heterocycles. The molecule has 0 unspecified atom stereocenters. The van der Waals surface area contributed by atoms with Gasteiger partial charge in [0.25, 0.3) is 0 Å². The second-order valence-corrected chi connectivity index (χ2v) is 5.83. The molecule has 22 heavy (non-hydrogen) atoms. The number of aromatic nitrogens is 3. The van der Waals surface area contributed by atoms with E-state index in [1.54, 1.807) is 0 Å². The molecule has 0 spiro atoms. The molecule has 1 saturated carbocycles. The average Bonchev–Trinajstić information content (AvgIpc) is 2.56. The zero-order valence-electron chi connectivity index (χ0n) is 13.0.